The van der Waals surface area contributed by atoms with E-state index in [2.05, 4.69) is 30.1 Å². The first-order chi connectivity index (χ1) is 13.2. The number of aromatic nitrogens is 3. The van der Waals surface area contributed by atoms with Gasteiger partial charge in [0.1, 0.15) is 35.4 Å². The SMILES string of the molecule is Fc1ccc(Nc2cc(N3CCN(c4ccccn4)CC3)ncn2)c(F)c1. The van der Waals surface area contributed by atoms with Gasteiger partial charge in [0.25, 0.3) is 0 Å². The summed E-state index contributed by atoms with van der Waals surface area (Å²) in [5.41, 5.74) is 0.168. The molecule has 1 aliphatic rings. The van der Waals surface area contributed by atoms with Gasteiger partial charge in [-0.2, -0.15) is 0 Å². The van der Waals surface area contributed by atoms with Crippen molar-refractivity contribution < 1.29 is 8.78 Å². The van der Waals surface area contributed by atoms with Crippen LogP contribution in [-0.4, -0.2) is 41.1 Å². The molecule has 0 bridgehead atoms. The van der Waals surface area contributed by atoms with Crippen molar-refractivity contribution in [3.05, 3.63) is 66.6 Å². The summed E-state index contributed by atoms with van der Waals surface area (Å²) in [4.78, 5) is 17.2. The molecule has 0 spiro atoms. The maximum Gasteiger partial charge on any atom is 0.149 e. The molecule has 27 heavy (non-hydrogen) atoms. The van der Waals surface area contributed by atoms with Crippen LogP contribution >= 0.6 is 0 Å². The van der Waals surface area contributed by atoms with Crippen LogP contribution in [0.25, 0.3) is 0 Å². The topological polar surface area (TPSA) is 57.2 Å². The second-order valence-electron chi connectivity index (χ2n) is 6.17. The van der Waals surface area contributed by atoms with Crippen LogP contribution in [0.4, 0.5) is 31.9 Å². The minimum atomic E-state index is -0.667. The quantitative estimate of drug-likeness (QED) is 0.763. The maximum atomic E-state index is 13.8. The van der Waals surface area contributed by atoms with Crippen LogP contribution in [0.2, 0.25) is 0 Å². The van der Waals surface area contributed by atoms with Gasteiger partial charge in [0, 0.05) is 44.5 Å². The van der Waals surface area contributed by atoms with E-state index in [9.17, 15) is 8.78 Å². The fourth-order valence-electron chi connectivity index (χ4n) is 3.02. The van der Waals surface area contributed by atoms with Gasteiger partial charge in [-0.15, -0.1) is 0 Å². The van der Waals surface area contributed by atoms with E-state index >= 15 is 0 Å². The van der Waals surface area contributed by atoms with Crippen LogP contribution in [0.5, 0.6) is 0 Å². The number of nitrogens with zero attached hydrogens (tertiary/aromatic N) is 5. The molecule has 0 amide bonds. The second-order valence-corrected chi connectivity index (χ2v) is 6.17. The summed E-state index contributed by atoms with van der Waals surface area (Å²) in [5.74, 6) is 0.897. The van der Waals surface area contributed by atoms with Crippen LogP contribution in [0.3, 0.4) is 0 Å². The molecule has 0 unspecified atom stereocenters. The molecule has 0 atom stereocenters. The molecule has 0 saturated carbocycles. The molecular formula is C19H18F2N6. The van der Waals surface area contributed by atoms with Crippen molar-refractivity contribution in [2.45, 2.75) is 0 Å². The van der Waals surface area contributed by atoms with Gasteiger partial charge >= 0.3 is 0 Å². The fraction of sp³-hybridized carbons (Fsp3) is 0.211. The number of halogens is 2. The van der Waals surface area contributed by atoms with Crippen molar-refractivity contribution in [2.24, 2.45) is 0 Å². The molecule has 1 saturated heterocycles. The largest absolute Gasteiger partial charge is 0.353 e. The predicted octanol–water partition coefficient (Wildman–Crippen LogP) is 3.22. The van der Waals surface area contributed by atoms with Crippen molar-refractivity contribution >= 4 is 23.1 Å². The monoisotopic (exact) mass is 368 g/mol. The molecule has 1 aromatic carbocycles. The minimum Gasteiger partial charge on any atom is -0.353 e. The number of nitrogens with one attached hydrogen (secondary N) is 1. The molecule has 2 aromatic heterocycles. The van der Waals surface area contributed by atoms with E-state index < -0.39 is 11.6 Å². The number of piperazine rings is 1. The van der Waals surface area contributed by atoms with Gasteiger partial charge in [0.15, 0.2) is 0 Å². The Morgan fingerprint density at radius 2 is 1.59 bits per heavy atom. The zero-order valence-corrected chi connectivity index (χ0v) is 14.5. The van der Waals surface area contributed by atoms with E-state index in [0.717, 1.165) is 43.9 Å². The lowest BCUT2D eigenvalue weighted by Gasteiger charge is -2.36. The third-order valence-electron chi connectivity index (χ3n) is 4.42. The normalized spacial score (nSPS) is 14.3. The molecule has 1 aliphatic heterocycles. The molecule has 6 nitrogen and oxygen atoms in total. The molecule has 1 fully saturated rings. The number of hydrogen-bond acceptors (Lipinski definition) is 6. The molecule has 4 rings (SSSR count). The number of anilines is 4. The number of benzene rings is 1. The minimum absolute atomic E-state index is 0.168. The highest BCUT2D eigenvalue weighted by molar-refractivity contribution is 5.60. The molecule has 0 radical (unpaired) electrons. The molecule has 138 valence electrons. The number of pyridine rings is 1. The first-order valence-corrected chi connectivity index (χ1v) is 8.64. The Kier molecular flexibility index (Phi) is 4.78. The van der Waals surface area contributed by atoms with Gasteiger partial charge in [-0.3, -0.25) is 0 Å². The first kappa shape index (κ1) is 17.1. The molecular weight excluding hydrogens is 350 g/mol. The summed E-state index contributed by atoms with van der Waals surface area (Å²) in [6, 6.07) is 11.0. The van der Waals surface area contributed by atoms with Crippen LogP contribution in [-0.2, 0) is 0 Å². The van der Waals surface area contributed by atoms with Gasteiger partial charge in [0.05, 0.1) is 5.69 Å². The zero-order chi connectivity index (χ0) is 18.6. The maximum absolute atomic E-state index is 13.8. The Morgan fingerprint density at radius 3 is 2.30 bits per heavy atom. The predicted molar refractivity (Wildman–Crippen MR) is 100 cm³/mol. The van der Waals surface area contributed by atoms with Crippen molar-refractivity contribution in [3.8, 4) is 0 Å². The molecule has 3 heterocycles. The lowest BCUT2D eigenvalue weighted by Crippen LogP contribution is -2.47. The smallest absolute Gasteiger partial charge is 0.149 e. The Hall–Kier alpha value is -3.29. The number of rotatable bonds is 4. The van der Waals surface area contributed by atoms with Gasteiger partial charge in [-0.05, 0) is 24.3 Å². The van der Waals surface area contributed by atoms with Crippen molar-refractivity contribution in [2.75, 3.05) is 41.3 Å². The molecule has 3 aromatic rings. The molecule has 0 aliphatic carbocycles. The summed E-state index contributed by atoms with van der Waals surface area (Å²) >= 11 is 0. The lowest BCUT2D eigenvalue weighted by molar-refractivity contribution is 0.586. The van der Waals surface area contributed by atoms with Gasteiger partial charge in [0.2, 0.25) is 0 Å². The van der Waals surface area contributed by atoms with Crippen LogP contribution in [0.15, 0.2) is 55.0 Å². The van der Waals surface area contributed by atoms with Gasteiger partial charge < -0.3 is 15.1 Å². The fourth-order valence-corrected chi connectivity index (χ4v) is 3.02. The van der Waals surface area contributed by atoms with Crippen molar-refractivity contribution in [1.82, 2.24) is 15.0 Å². The zero-order valence-electron chi connectivity index (χ0n) is 14.5. The summed E-state index contributed by atoms with van der Waals surface area (Å²) in [5, 5.41) is 2.87. The van der Waals surface area contributed by atoms with E-state index in [-0.39, 0.29) is 5.69 Å². The molecule has 8 heteroatoms. The summed E-state index contributed by atoms with van der Waals surface area (Å²) in [6.45, 7) is 3.24. The summed E-state index contributed by atoms with van der Waals surface area (Å²) < 4.78 is 26.9. The summed E-state index contributed by atoms with van der Waals surface area (Å²) in [7, 11) is 0. The average Bonchev–Trinajstić information content (AvgIpc) is 2.71. The van der Waals surface area contributed by atoms with Crippen molar-refractivity contribution in [1.29, 1.82) is 0 Å². The van der Waals surface area contributed by atoms with E-state index in [1.165, 1.54) is 18.5 Å². The Labute approximate surface area is 155 Å². The Balaban J connectivity index is 1.44. The van der Waals surface area contributed by atoms with Crippen LogP contribution in [0.1, 0.15) is 0 Å². The van der Waals surface area contributed by atoms with Crippen molar-refractivity contribution in [3.63, 3.8) is 0 Å². The van der Waals surface area contributed by atoms with E-state index in [4.69, 9.17) is 0 Å². The highest BCUT2D eigenvalue weighted by Crippen LogP contribution is 2.23. The second kappa shape index (κ2) is 7.53. The van der Waals surface area contributed by atoms with Crippen LogP contribution < -0.4 is 15.1 Å². The summed E-state index contributed by atoms with van der Waals surface area (Å²) in [6.07, 6.45) is 3.23. The third-order valence-corrected chi connectivity index (χ3v) is 4.42. The first-order valence-electron chi connectivity index (χ1n) is 8.64. The number of hydrogen-bond donors (Lipinski definition) is 1. The van der Waals surface area contributed by atoms with E-state index in [1.54, 1.807) is 12.3 Å². The standard InChI is InChI=1S/C19H18F2N6/c20-14-4-5-16(15(21)11-14)25-17-12-19(24-13-23-17)27-9-7-26(8-10-27)18-3-1-2-6-22-18/h1-6,11-13H,7-10H2,(H,23,24,25). The highest BCUT2D eigenvalue weighted by Gasteiger charge is 2.19. The Bertz CT molecular complexity index is 913. The highest BCUT2D eigenvalue weighted by atomic mass is 19.1. The van der Waals surface area contributed by atoms with E-state index in [1.807, 2.05) is 18.2 Å². The third kappa shape index (κ3) is 3.94. The average molecular weight is 368 g/mol. The molecule has 1 N–H and O–H groups in total. The van der Waals surface area contributed by atoms with Crippen LogP contribution in [0, 0.1) is 11.6 Å². The van der Waals surface area contributed by atoms with E-state index in [0.29, 0.717) is 5.82 Å². The van der Waals surface area contributed by atoms with Gasteiger partial charge in [-0.25, -0.2) is 23.7 Å². The van der Waals surface area contributed by atoms with Gasteiger partial charge in [-0.1, -0.05) is 6.07 Å². The lowest BCUT2D eigenvalue weighted by atomic mass is 10.3. The Morgan fingerprint density at radius 1 is 0.815 bits per heavy atom.